The van der Waals surface area contributed by atoms with Crippen molar-refractivity contribution in [3.05, 3.63) is 34.9 Å². The van der Waals surface area contributed by atoms with Crippen LogP contribution in [0.2, 0.25) is 0 Å². The number of nitrogens with one attached hydrogen (secondary N) is 1. The quantitative estimate of drug-likeness (QED) is 0.465. The number of hydrogen-bond acceptors (Lipinski definition) is 6. The first-order valence-corrected chi connectivity index (χ1v) is 12.8. The van der Waals surface area contributed by atoms with E-state index in [1.54, 1.807) is 22.8 Å². The van der Waals surface area contributed by atoms with E-state index in [0.717, 1.165) is 11.1 Å². The second-order valence-corrected chi connectivity index (χ2v) is 10.5. The van der Waals surface area contributed by atoms with Gasteiger partial charge in [0.1, 0.15) is 11.6 Å². The van der Waals surface area contributed by atoms with E-state index in [-0.39, 0.29) is 37.5 Å². The third-order valence-corrected chi connectivity index (χ3v) is 6.39. The van der Waals surface area contributed by atoms with Crippen LogP contribution in [0.25, 0.3) is 0 Å². The lowest BCUT2D eigenvalue weighted by molar-refractivity contribution is -0.143. The molecule has 0 bridgehead atoms. The highest BCUT2D eigenvalue weighted by atomic mass is 16.6. The van der Waals surface area contributed by atoms with Crippen LogP contribution in [0.15, 0.2) is 18.2 Å². The minimum atomic E-state index is -0.751. The van der Waals surface area contributed by atoms with E-state index >= 15 is 0 Å². The normalized spacial score (nSPS) is 18.2. The molecule has 9 nitrogen and oxygen atoms in total. The van der Waals surface area contributed by atoms with Crippen molar-refractivity contribution in [1.29, 1.82) is 0 Å². The van der Waals surface area contributed by atoms with Gasteiger partial charge in [-0.15, -0.1) is 6.42 Å². The Balaban J connectivity index is 1.60. The minimum absolute atomic E-state index is 0.0913. The highest BCUT2D eigenvalue weighted by Crippen LogP contribution is 2.25. The molecule has 0 aliphatic carbocycles. The molecule has 2 atom stereocenters. The van der Waals surface area contributed by atoms with Crippen LogP contribution in [0.5, 0.6) is 0 Å². The molecule has 1 fully saturated rings. The molecule has 1 aromatic carbocycles. The van der Waals surface area contributed by atoms with Gasteiger partial charge >= 0.3 is 12.1 Å². The molecule has 0 spiro atoms. The van der Waals surface area contributed by atoms with Crippen molar-refractivity contribution in [3.8, 4) is 12.3 Å². The van der Waals surface area contributed by atoms with Crippen molar-refractivity contribution in [2.24, 2.45) is 5.92 Å². The van der Waals surface area contributed by atoms with Crippen molar-refractivity contribution in [2.75, 3.05) is 26.2 Å². The van der Waals surface area contributed by atoms with Crippen molar-refractivity contribution in [1.82, 2.24) is 15.1 Å². The number of nitrogens with zero attached hydrogens (tertiary/aromatic N) is 2. The number of amides is 3. The largest absolute Gasteiger partial charge is 0.466 e. The summed E-state index contributed by atoms with van der Waals surface area (Å²) in [4.78, 5) is 53.7. The molecule has 37 heavy (non-hydrogen) atoms. The first-order valence-electron chi connectivity index (χ1n) is 12.8. The molecule has 3 amide bonds. The maximum absolute atomic E-state index is 13.3. The lowest BCUT2D eigenvalue weighted by Crippen LogP contribution is -2.47. The van der Waals surface area contributed by atoms with Crippen LogP contribution in [0, 0.1) is 18.3 Å². The first-order chi connectivity index (χ1) is 17.5. The van der Waals surface area contributed by atoms with Gasteiger partial charge in [-0.25, -0.2) is 4.79 Å². The Labute approximate surface area is 218 Å². The molecule has 2 heterocycles. The smallest absolute Gasteiger partial charge is 0.410 e. The Morgan fingerprint density at radius 2 is 1.92 bits per heavy atom. The number of benzene rings is 1. The van der Waals surface area contributed by atoms with E-state index in [9.17, 15) is 19.2 Å². The monoisotopic (exact) mass is 511 g/mol. The Bertz CT molecular complexity index is 1070. The van der Waals surface area contributed by atoms with Gasteiger partial charge in [0.05, 0.1) is 18.9 Å². The summed E-state index contributed by atoms with van der Waals surface area (Å²) in [5.74, 6) is 1.16. The summed E-state index contributed by atoms with van der Waals surface area (Å²) in [5.41, 5.74) is 2.04. The highest BCUT2D eigenvalue weighted by Gasteiger charge is 2.31. The molecular weight excluding hydrogens is 474 g/mol. The van der Waals surface area contributed by atoms with Gasteiger partial charge in [0.15, 0.2) is 0 Å². The maximum Gasteiger partial charge on any atom is 0.410 e. The summed E-state index contributed by atoms with van der Waals surface area (Å²) in [6.07, 6.45) is 7.02. The summed E-state index contributed by atoms with van der Waals surface area (Å²) in [5, 5.41) is 2.74. The van der Waals surface area contributed by atoms with Gasteiger partial charge in [0, 0.05) is 31.7 Å². The van der Waals surface area contributed by atoms with Crippen LogP contribution in [0.4, 0.5) is 4.79 Å². The van der Waals surface area contributed by atoms with Gasteiger partial charge in [0.25, 0.3) is 5.91 Å². The summed E-state index contributed by atoms with van der Waals surface area (Å²) in [7, 11) is 0. The molecule has 2 aliphatic heterocycles. The molecule has 0 aromatic heterocycles. The van der Waals surface area contributed by atoms with E-state index < -0.39 is 23.5 Å². The first kappa shape index (κ1) is 28.0. The molecule has 3 rings (SSSR count). The Kier molecular flexibility index (Phi) is 9.19. The fourth-order valence-corrected chi connectivity index (χ4v) is 4.55. The minimum Gasteiger partial charge on any atom is -0.466 e. The van der Waals surface area contributed by atoms with Gasteiger partial charge in [-0.05, 0) is 70.2 Å². The van der Waals surface area contributed by atoms with Crippen LogP contribution in [-0.2, 0) is 32.0 Å². The molecule has 1 saturated heterocycles. The van der Waals surface area contributed by atoms with Crippen LogP contribution in [0.1, 0.15) is 68.4 Å². The molecule has 2 aliphatic rings. The number of fused-ring (bicyclic) bond motifs is 1. The number of likely N-dealkylation sites (tertiary alicyclic amines) is 1. The molecular formula is C28H37N3O6. The maximum atomic E-state index is 13.3. The van der Waals surface area contributed by atoms with E-state index in [0.29, 0.717) is 44.5 Å². The molecule has 0 saturated carbocycles. The summed E-state index contributed by atoms with van der Waals surface area (Å²) >= 11 is 0. The van der Waals surface area contributed by atoms with Gasteiger partial charge in [0.2, 0.25) is 5.91 Å². The molecule has 1 unspecified atom stereocenters. The third-order valence-electron chi connectivity index (χ3n) is 6.39. The van der Waals surface area contributed by atoms with Gasteiger partial charge in [-0.3, -0.25) is 14.4 Å². The number of carbonyl (C=O) groups excluding carboxylic acids is 4. The zero-order valence-corrected chi connectivity index (χ0v) is 22.2. The van der Waals surface area contributed by atoms with E-state index in [2.05, 4.69) is 11.2 Å². The molecule has 1 N–H and O–H groups in total. The van der Waals surface area contributed by atoms with Crippen LogP contribution >= 0.6 is 0 Å². The number of rotatable bonds is 6. The van der Waals surface area contributed by atoms with E-state index in [1.807, 2.05) is 32.9 Å². The number of hydrogen-bond donors (Lipinski definition) is 1. The molecule has 200 valence electrons. The third kappa shape index (κ3) is 7.72. The number of carbonyl (C=O) groups is 4. The number of piperidine rings is 1. The zero-order valence-electron chi connectivity index (χ0n) is 22.2. The second kappa shape index (κ2) is 12.1. The SMILES string of the molecule is C#CC(CC(=O)OCC)NC(=O)[C@@H]1CCCN(C(=O)c2ccc3c(c2)CCN(C(=O)OC(C)(C)C)C3)C1. The van der Waals surface area contributed by atoms with Gasteiger partial charge < -0.3 is 24.6 Å². The summed E-state index contributed by atoms with van der Waals surface area (Å²) < 4.78 is 10.4. The number of ether oxygens (including phenoxy) is 2. The van der Waals surface area contributed by atoms with Crippen LogP contribution in [0.3, 0.4) is 0 Å². The number of terminal acetylenes is 1. The summed E-state index contributed by atoms with van der Waals surface area (Å²) in [6, 6.07) is 4.80. The van der Waals surface area contributed by atoms with Crippen LogP contribution in [-0.4, -0.2) is 71.6 Å². The average Bonchev–Trinajstić information content (AvgIpc) is 2.86. The fraction of sp³-hybridized carbons (Fsp3) is 0.571. The Hall–Kier alpha value is -3.54. The van der Waals surface area contributed by atoms with Crippen molar-refractivity contribution in [3.63, 3.8) is 0 Å². The molecule has 1 aromatic rings. The van der Waals surface area contributed by atoms with E-state index in [4.69, 9.17) is 15.9 Å². The van der Waals surface area contributed by atoms with Crippen LogP contribution < -0.4 is 5.32 Å². The highest BCUT2D eigenvalue weighted by molar-refractivity contribution is 5.95. The topological polar surface area (TPSA) is 105 Å². The summed E-state index contributed by atoms with van der Waals surface area (Å²) in [6.45, 7) is 9.27. The van der Waals surface area contributed by atoms with Crippen molar-refractivity contribution in [2.45, 2.75) is 71.6 Å². The zero-order chi connectivity index (χ0) is 27.2. The predicted octanol–water partition coefficient (Wildman–Crippen LogP) is 2.90. The number of esters is 1. The Morgan fingerprint density at radius 3 is 2.59 bits per heavy atom. The van der Waals surface area contributed by atoms with Gasteiger partial charge in [-0.1, -0.05) is 12.0 Å². The van der Waals surface area contributed by atoms with Gasteiger partial charge in [-0.2, -0.15) is 0 Å². The lowest BCUT2D eigenvalue weighted by atomic mass is 9.94. The Morgan fingerprint density at radius 1 is 1.16 bits per heavy atom. The lowest BCUT2D eigenvalue weighted by Gasteiger charge is -2.33. The van der Waals surface area contributed by atoms with E-state index in [1.165, 1.54) is 0 Å². The average molecular weight is 512 g/mol. The standard InChI is InChI=1S/C28H37N3O6/c1-6-23(16-24(32)36-7-2)29-25(33)22-9-8-13-30(18-22)26(34)20-10-11-21-17-31(14-12-19(21)15-20)27(35)37-28(3,4)5/h1,10-11,15,22-23H,7-9,12-14,16-18H2,2-5H3,(H,29,33)/t22-,23?/m1/s1. The van der Waals surface area contributed by atoms with Crippen molar-refractivity contribution >= 4 is 23.9 Å². The molecule has 9 heteroatoms. The fourth-order valence-electron chi connectivity index (χ4n) is 4.55. The molecule has 0 radical (unpaired) electrons. The van der Waals surface area contributed by atoms with Crippen molar-refractivity contribution < 1.29 is 28.7 Å². The second-order valence-electron chi connectivity index (χ2n) is 10.5. The predicted molar refractivity (Wildman–Crippen MR) is 137 cm³/mol.